The van der Waals surface area contributed by atoms with E-state index in [2.05, 4.69) is 44.2 Å². The molecule has 1 atom stereocenters. The molecule has 0 aliphatic carbocycles. The molecule has 1 aliphatic heterocycles. The zero-order valence-corrected chi connectivity index (χ0v) is 14.1. The molecule has 0 saturated carbocycles. The second-order valence-electron chi connectivity index (χ2n) is 5.92. The molecule has 1 aliphatic rings. The van der Waals surface area contributed by atoms with E-state index in [9.17, 15) is 4.79 Å². The maximum atomic E-state index is 11.8. The van der Waals surface area contributed by atoms with Crippen molar-refractivity contribution in [2.45, 2.75) is 55.2 Å². The van der Waals surface area contributed by atoms with Crippen molar-refractivity contribution in [3.63, 3.8) is 0 Å². The summed E-state index contributed by atoms with van der Waals surface area (Å²) in [7, 11) is 0. The number of aldehydes is 1. The fourth-order valence-corrected chi connectivity index (χ4v) is 4.61. The minimum absolute atomic E-state index is 0.107. The van der Waals surface area contributed by atoms with Gasteiger partial charge < -0.3 is 4.79 Å². The highest BCUT2D eigenvalue weighted by Gasteiger charge is 2.28. The van der Waals surface area contributed by atoms with E-state index in [4.69, 9.17) is 0 Å². The Labute approximate surface area is 137 Å². The molecule has 1 heterocycles. The molecule has 0 saturated heterocycles. The average molecular weight is 310 g/mol. The van der Waals surface area contributed by atoms with Gasteiger partial charge in [0, 0.05) is 9.79 Å². The summed E-state index contributed by atoms with van der Waals surface area (Å²) in [5.41, 5.74) is 5.18. The molecule has 114 valence electrons. The molecular weight excluding hydrogens is 288 g/mol. The molecule has 2 heteroatoms. The van der Waals surface area contributed by atoms with Crippen LogP contribution in [0.3, 0.4) is 0 Å². The van der Waals surface area contributed by atoms with Crippen LogP contribution < -0.4 is 0 Å². The molecule has 0 aromatic heterocycles. The summed E-state index contributed by atoms with van der Waals surface area (Å²) in [6.07, 6.45) is 5.55. The summed E-state index contributed by atoms with van der Waals surface area (Å²) >= 11 is 1.82. The molecule has 3 rings (SSSR count). The van der Waals surface area contributed by atoms with Crippen molar-refractivity contribution < 1.29 is 4.79 Å². The smallest absolute Gasteiger partial charge is 0.131 e. The van der Waals surface area contributed by atoms with Gasteiger partial charge in [0.15, 0.2) is 0 Å². The van der Waals surface area contributed by atoms with Crippen LogP contribution in [0, 0.1) is 0 Å². The zero-order valence-electron chi connectivity index (χ0n) is 13.3. The maximum Gasteiger partial charge on any atom is 0.131 e. The first-order valence-corrected chi connectivity index (χ1v) is 8.97. The number of hydrogen-bond donors (Lipinski definition) is 0. The van der Waals surface area contributed by atoms with E-state index < -0.39 is 0 Å². The van der Waals surface area contributed by atoms with E-state index in [1.807, 2.05) is 17.8 Å². The van der Waals surface area contributed by atoms with Gasteiger partial charge in [-0.05, 0) is 47.2 Å². The van der Waals surface area contributed by atoms with Gasteiger partial charge in [-0.3, -0.25) is 0 Å². The van der Waals surface area contributed by atoms with Crippen LogP contribution in [0.5, 0.6) is 0 Å². The number of hydrogen-bond acceptors (Lipinski definition) is 2. The highest BCUT2D eigenvalue weighted by atomic mass is 32.2. The van der Waals surface area contributed by atoms with Gasteiger partial charge in [0.2, 0.25) is 0 Å². The van der Waals surface area contributed by atoms with Crippen molar-refractivity contribution in [2.75, 3.05) is 0 Å². The van der Waals surface area contributed by atoms with Crippen molar-refractivity contribution in [1.82, 2.24) is 0 Å². The number of rotatable bonds is 5. The zero-order chi connectivity index (χ0) is 15.5. The van der Waals surface area contributed by atoms with Crippen LogP contribution in [-0.2, 0) is 17.6 Å². The van der Waals surface area contributed by atoms with Gasteiger partial charge in [0.05, 0.1) is 5.92 Å². The maximum absolute atomic E-state index is 11.8. The Morgan fingerprint density at radius 2 is 1.82 bits per heavy atom. The van der Waals surface area contributed by atoms with E-state index in [-0.39, 0.29) is 5.92 Å². The second-order valence-corrected chi connectivity index (χ2v) is 7.00. The van der Waals surface area contributed by atoms with E-state index in [1.165, 1.54) is 26.5 Å². The number of aryl methyl sites for hydroxylation is 2. The minimum Gasteiger partial charge on any atom is -0.302 e. The van der Waals surface area contributed by atoms with Crippen LogP contribution in [0.1, 0.15) is 54.9 Å². The molecule has 0 spiro atoms. The fraction of sp³-hybridized carbons (Fsp3) is 0.350. The standard InChI is InChI=1S/C20H22OS/c1-3-7-14-11-15(8-4-2)20-17(13-21)16-9-5-6-10-18(16)22-19(20)12-14/h5-6,9-13,17H,3-4,7-8H2,1-2H3. The Hall–Kier alpha value is -1.54. The Morgan fingerprint density at radius 1 is 1.05 bits per heavy atom. The van der Waals surface area contributed by atoms with Crippen molar-refractivity contribution in [2.24, 2.45) is 0 Å². The fourth-order valence-electron chi connectivity index (χ4n) is 3.34. The molecule has 0 N–H and O–H groups in total. The molecule has 22 heavy (non-hydrogen) atoms. The number of benzene rings is 2. The Balaban J connectivity index is 2.17. The Morgan fingerprint density at radius 3 is 2.55 bits per heavy atom. The largest absolute Gasteiger partial charge is 0.302 e. The second kappa shape index (κ2) is 6.70. The van der Waals surface area contributed by atoms with Crippen LogP contribution in [0.15, 0.2) is 46.2 Å². The quantitative estimate of drug-likeness (QED) is 0.689. The number of carbonyl (C=O) groups is 1. The van der Waals surface area contributed by atoms with Crippen molar-refractivity contribution in [1.29, 1.82) is 0 Å². The third-order valence-electron chi connectivity index (χ3n) is 4.27. The number of carbonyl (C=O) groups excluding carboxylic acids is 1. The molecule has 0 fully saturated rings. The van der Waals surface area contributed by atoms with Gasteiger partial charge in [-0.25, -0.2) is 0 Å². The summed E-state index contributed by atoms with van der Waals surface area (Å²) in [5, 5.41) is 0. The Kier molecular flexibility index (Phi) is 4.68. The SMILES string of the molecule is CCCc1cc(CCC)c2c(c1)Sc1ccccc1C2C=O. The molecule has 1 nitrogen and oxygen atoms in total. The van der Waals surface area contributed by atoms with E-state index >= 15 is 0 Å². The van der Waals surface area contributed by atoms with Crippen LogP contribution in [-0.4, -0.2) is 6.29 Å². The van der Waals surface area contributed by atoms with Crippen molar-refractivity contribution in [3.8, 4) is 0 Å². The summed E-state index contributed by atoms with van der Waals surface area (Å²) in [5.74, 6) is -0.107. The van der Waals surface area contributed by atoms with E-state index in [0.29, 0.717) is 0 Å². The van der Waals surface area contributed by atoms with Gasteiger partial charge in [-0.2, -0.15) is 0 Å². The van der Waals surface area contributed by atoms with Gasteiger partial charge in [-0.15, -0.1) is 0 Å². The minimum atomic E-state index is -0.107. The molecule has 2 aromatic carbocycles. The van der Waals surface area contributed by atoms with Crippen LogP contribution in [0.25, 0.3) is 0 Å². The first-order valence-electron chi connectivity index (χ1n) is 8.16. The lowest BCUT2D eigenvalue weighted by atomic mass is 9.86. The topological polar surface area (TPSA) is 17.1 Å². The first kappa shape index (κ1) is 15.4. The predicted octanol–water partition coefficient (Wildman–Crippen LogP) is 5.39. The average Bonchev–Trinajstić information content (AvgIpc) is 2.53. The van der Waals surface area contributed by atoms with E-state index in [1.54, 1.807) is 0 Å². The van der Waals surface area contributed by atoms with Crippen LogP contribution in [0.2, 0.25) is 0 Å². The third kappa shape index (κ3) is 2.72. The van der Waals surface area contributed by atoms with E-state index in [0.717, 1.165) is 37.5 Å². The van der Waals surface area contributed by atoms with Crippen LogP contribution >= 0.6 is 11.8 Å². The normalized spacial score (nSPS) is 16.0. The van der Waals surface area contributed by atoms with Crippen molar-refractivity contribution >= 4 is 18.0 Å². The molecule has 1 unspecified atom stereocenters. The molecule has 2 aromatic rings. The predicted molar refractivity (Wildman–Crippen MR) is 92.9 cm³/mol. The summed E-state index contributed by atoms with van der Waals surface area (Å²) in [6, 6.07) is 12.9. The first-order chi connectivity index (χ1) is 10.8. The van der Waals surface area contributed by atoms with Gasteiger partial charge in [0.1, 0.15) is 6.29 Å². The van der Waals surface area contributed by atoms with Gasteiger partial charge >= 0.3 is 0 Å². The molecule has 0 radical (unpaired) electrons. The third-order valence-corrected chi connectivity index (χ3v) is 5.42. The van der Waals surface area contributed by atoms with Crippen molar-refractivity contribution in [3.05, 3.63) is 58.7 Å². The number of fused-ring (bicyclic) bond motifs is 2. The molecular formula is C20H22OS. The van der Waals surface area contributed by atoms with Crippen LogP contribution in [0.4, 0.5) is 0 Å². The monoisotopic (exact) mass is 310 g/mol. The summed E-state index contributed by atoms with van der Waals surface area (Å²) in [6.45, 7) is 4.42. The highest BCUT2D eigenvalue weighted by Crippen LogP contribution is 2.47. The highest BCUT2D eigenvalue weighted by molar-refractivity contribution is 7.99. The Bertz CT molecular complexity index is 690. The lowest BCUT2D eigenvalue weighted by Crippen LogP contribution is -2.13. The lowest BCUT2D eigenvalue weighted by molar-refractivity contribution is -0.108. The van der Waals surface area contributed by atoms with Gasteiger partial charge in [0.25, 0.3) is 0 Å². The summed E-state index contributed by atoms with van der Waals surface area (Å²) in [4.78, 5) is 14.4. The lowest BCUT2D eigenvalue weighted by Gasteiger charge is -2.27. The molecule has 0 amide bonds. The molecule has 0 bridgehead atoms. The summed E-state index contributed by atoms with van der Waals surface area (Å²) < 4.78 is 0. The van der Waals surface area contributed by atoms with Gasteiger partial charge in [-0.1, -0.05) is 62.7 Å².